The molecule has 0 aliphatic carbocycles. The van der Waals surface area contributed by atoms with Crippen molar-refractivity contribution in [2.45, 2.75) is 12.7 Å². The van der Waals surface area contributed by atoms with Crippen LogP contribution in [0.3, 0.4) is 0 Å². The number of hydrazone groups is 1. The van der Waals surface area contributed by atoms with Gasteiger partial charge in [-0.15, -0.1) is 0 Å². The molecule has 25 heavy (non-hydrogen) atoms. The molecule has 0 atom stereocenters. The summed E-state index contributed by atoms with van der Waals surface area (Å²) in [5.74, 6) is -1.79. The maximum Gasteiger partial charge on any atom is 0.449 e. The van der Waals surface area contributed by atoms with Crippen molar-refractivity contribution in [3.8, 4) is 0 Å². The van der Waals surface area contributed by atoms with Gasteiger partial charge in [-0.1, -0.05) is 42.5 Å². The zero-order chi connectivity index (χ0) is 17.9. The minimum atomic E-state index is -4.66. The lowest BCUT2D eigenvalue weighted by Gasteiger charge is -2.10. The van der Waals surface area contributed by atoms with Crippen LogP contribution in [-0.2, 0) is 17.5 Å². The summed E-state index contributed by atoms with van der Waals surface area (Å²) >= 11 is 0. The van der Waals surface area contributed by atoms with E-state index in [1.54, 1.807) is 36.4 Å². The van der Waals surface area contributed by atoms with E-state index >= 15 is 0 Å². The molecule has 2 aromatic carbocycles. The van der Waals surface area contributed by atoms with Crippen LogP contribution in [0.2, 0.25) is 0 Å². The monoisotopic (exact) mass is 346 g/mol. The fraction of sp³-hybridized carbons (Fsp3) is 0.118. The highest BCUT2D eigenvalue weighted by Crippen LogP contribution is 2.31. The molecule has 5 nitrogen and oxygen atoms in total. The highest BCUT2D eigenvalue weighted by atomic mass is 19.4. The van der Waals surface area contributed by atoms with Gasteiger partial charge in [0.2, 0.25) is 5.82 Å². The average molecular weight is 346 g/mol. The lowest BCUT2D eigenvalue weighted by Crippen LogP contribution is -2.26. The molecule has 3 aromatic rings. The number of carbonyl (C=O) groups is 1. The summed E-state index contributed by atoms with van der Waals surface area (Å²) < 4.78 is 40.3. The van der Waals surface area contributed by atoms with Crippen LogP contribution < -0.4 is 5.43 Å². The second-order valence-corrected chi connectivity index (χ2v) is 5.21. The number of rotatable bonds is 4. The van der Waals surface area contributed by atoms with Crippen LogP contribution in [0.25, 0.3) is 11.0 Å². The number of para-hydroxylation sites is 2. The van der Waals surface area contributed by atoms with Crippen LogP contribution in [0, 0.1) is 0 Å². The molecule has 0 spiro atoms. The van der Waals surface area contributed by atoms with Crippen molar-refractivity contribution in [1.82, 2.24) is 15.0 Å². The van der Waals surface area contributed by atoms with E-state index in [9.17, 15) is 18.0 Å². The molecule has 3 rings (SSSR count). The molecular weight excluding hydrogens is 333 g/mol. The SMILES string of the molecule is O=C(Cn1c(C(F)(F)F)nc2ccccc21)NN=Cc1ccccc1. The van der Waals surface area contributed by atoms with Crippen LogP contribution in [0.15, 0.2) is 59.7 Å². The van der Waals surface area contributed by atoms with Crippen LogP contribution in [-0.4, -0.2) is 21.7 Å². The molecule has 8 heteroatoms. The van der Waals surface area contributed by atoms with E-state index in [2.05, 4.69) is 15.5 Å². The highest BCUT2D eigenvalue weighted by molar-refractivity contribution is 5.83. The van der Waals surface area contributed by atoms with Gasteiger partial charge in [-0.3, -0.25) is 4.79 Å². The fourth-order valence-corrected chi connectivity index (χ4v) is 2.35. The molecule has 0 fully saturated rings. The first-order valence-corrected chi connectivity index (χ1v) is 7.34. The lowest BCUT2D eigenvalue weighted by atomic mass is 10.2. The zero-order valence-electron chi connectivity index (χ0n) is 12.9. The Morgan fingerprint density at radius 2 is 1.80 bits per heavy atom. The van der Waals surface area contributed by atoms with Crippen molar-refractivity contribution in [2.75, 3.05) is 0 Å². The molecule has 1 amide bonds. The Morgan fingerprint density at radius 3 is 2.52 bits per heavy atom. The predicted octanol–water partition coefficient (Wildman–Crippen LogP) is 3.21. The minimum absolute atomic E-state index is 0.176. The summed E-state index contributed by atoms with van der Waals surface area (Å²) in [6.07, 6.45) is -3.25. The summed E-state index contributed by atoms with van der Waals surface area (Å²) in [5.41, 5.74) is 3.39. The van der Waals surface area contributed by atoms with Crippen molar-refractivity contribution in [3.05, 3.63) is 66.0 Å². The second-order valence-electron chi connectivity index (χ2n) is 5.21. The molecule has 0 unspecified atom stereocenters. The van der Waals surface area contributed by atoms with Crippen LogP contribution in [0.5, 0.6) is 0 Å². The normalized spacial score (nSPS) is 12.0. The Morgan fingerprint density at radius 1 is 1.12 bits per heavy atom. The standard InChI is InChI=1S/C17H13F3N4O/c18-17(19,20)16-22-13-8-4-5-9-14(13)24(16)11-15(25)23-21-10-12-6-2-1-3-7-12/h1-10H,11H2,(H,23,25). The van der Waals surface area contributed by atoms with E-state index in [-0.39, 0.29) is 11.0 Å². The largest absolute Gasteiger partial charge is 0.449 e. The number of carbonyl (C=O) groups excluding carboxylic acids is 1. The molecule has 0 saturated heterocycles. The Hall–Kier alpha value is -3.16. The molecule has 1 heterocycles. The van der Waals surface area contributed by atoms with Crippen molar-refractivity contribution in [1.29, 1.82) is 0 Å². The van der Waals surface area contributed by atoms with Gasteiger partial charge in [0.05, 0.1) is 17.2 Å². The highest BCUT2D eigenvalue weighted by Gasteiger charge is 2.37. The van der Waals surface area contributed by atoms with Gasteiger partial charge in [0, 0.05) is 0 Å². The third-order valence-corrected chi connectivity index (χ3v) is 3.41. The Balaban J connectivity index is 1.80. The summed E-state index contributed by atoms with van der Waals surface area (Å²) in [6, 6.07) is 15.1. The van der Waals surface area contributed by atoms with Crippen LogP contribution in [0.1, 0.15) is 11.4 Å². The molecule has 0 aliphatic rings. The topological polar surface area (TPSA) is 59.3 Å². The number of nitrogens with one attached hydrogen (secondary N) is 1. The van der Waals surface area contributed by atoms with E-state index in [0.717, 1.165) is 10.1 Å². The average Bonchev–Trinajstić information content (AvgIpc) is 2.95. The third-order valence-electron chi connectivity index (χ3n) is 3.41. The number of imidazole rings is 1. The van der Waals surface area contributed by atoms with Crippen LogP contribution >= 0.6 is 0 Å². The molecule has 0 radical (unpaired) electrons. The molecule has 1 N–H and O–H groups in total. The van der Waals surface area contributed by atoms with E-state index in [0.29, 0.717) is 0 Å². The first-order valence-electron chi connectivity index (χ1n) is 7.34. The summed E-state index contributed by atoms with van der Waals surface area (Å²) in [4.78, 5) is 15.6. The quantitative estimate of drug-likeness (QED) is 0.583. The van der Waals surface area contributed by atoms with Gasteiger partial charge in [0.25, 0.3) is 5.91 Å². The molecule has 128 valence electrons. The Labute approximate surface area is 140 Å². The van der Waals surface area contributed by atoms with Gasteiger partial charge in [0.15, 0.2) is 0 Å². The number of amides is 1. The fourth-order valence-electron chi connectivity index (χ4n) is 2.35. The first kappa shape index (κ1) is 16.7. The van der Waals surface area contributed by atoms with Gasteiger partial charge in [0.1, 0.15) is 6.54 Å². The van der Waals surface area contributed by atoms with E-state index in [1.807, 2.05) is 6.07 Å². The van der Waals surface area contributed by atoms with Gasteiger partial charge in [-0.25, -0.2) is 10.4 Å². The number of halogens is 3. The molecule has 0 aliphatic heterocycles. The molecule has 0 bridgehead atoms. The van der Waals surface area contributed by atoms with E-state index < -0.39 is 24.5 Å². The number of nitrogens with zero attached hydrogens (tertiary/aromatic N) is 3. The van der Waals surface area contributed by atoms with E-state index in [4.69, 9.17) is 0 Å². The summed E-state index contributed by atoms with van der Waals surface area (Å²) in [5, 5.41) is 3.75. The minimum Gasteiger partial charge on any atom is -0.311 e. The maximum atomic E-state index is 13.2. The smallest absolute Gasteiger partial charge is 0.311 e. The Kier molecular flexibility index (Phi) is 4.51. The third kappa shape index (κ3) is 3.85. The van der Waals surface area contributed by atoms with Gasteiger partial charge in [-0.2, -0.15) is 18.3 Å². The van der Waals surface area contributed by atoms with Crippen LogP contribution in [0.4, 0.5) is 13.2 Å². The number of fused-ring (bicyclic) bond motifs is 1. The van der Waals surface area contributed by atoms with Crippen molar-refractivity contribution in [2.24, 2.45) is 5.10 Å². The van der Waals surface area contributed by atoms with Gasteiger partial charge in [-0.05, 0) is 17.7 Å². The van der Waals surface area contributed by atoms with Crippen molar-refractivity contribution >= 4 is 23.2 Å². The number of alkyl halides is 3. The number of benzene rings is 2. The maximum absolute atomic E-state index is 13.2. The molecular formula is C17H13F3N4O. The summed E-state index contributed by atoms with van der Waals surface area (Å²) in [6.45, 7) is -0.540. The van der Waals surface area contributed by atoms with Gasteiger partial charge >= 0.3 is 6.18 Å². The number of aromatic nitrogens is 2. The van der Waals surface area contributed by atoms with Gasteiger partial charge < -0.3 is 4.57 Å². The lowest BCUT2D eigenvalue weighted by molar-refractivity contribution is -0.147. The van der Waals surface area contributed by atoms with E-state index in [1.165, 1.54) is 18.3 Å². The van der Waals surface area contributed by atoms with Crippen molar-refractivity contribution < 1.29 is 18.0 Å². The number of hydrogen-bond acceptors (Lipinski definition) is 3. The predicted molar refractivity (Wildman–Crippen MR) is 86.9 cm³/mol. The Bertz CT molecular complexity index is 917. The molecule has 1 aromatic heterocycles. The summed E-state index contributed by atoms with van der Waals surface area (Å²) in [7, 11) is 0. The number of hydrogen-bond donors (Lipinski definition) is 1. The second kappa shape index (κ2) is 6.76. The zero-order valence-corrected chi connectivity index (χ0v) is 12.9. The molecule has 0 saturated carbocycles. The first-order chi connectivity index (χ1) is 11.9. The van der Waals surface area contributed by atoms with Crippen molar-refractivity contribution in [3.63, 3.8) is 0 Å².